The van der Waals surface area contributed by atoms with Crippen molar-refractivity contribution in [1.29, 1.82) is 0 Å². The molecule has 5 nitrogen and oxygen atoms in total. The molecule has 2 aliphatic rings. The molecule has 146 valence electrons. The summed E-state index contributed by atoms with van der Waals surface area (Å²) in [5.41, 5.74) is 1.80. The Kier molecular flexibility index (Phi) is 5.47. The zero-order valence-electron chi connectivity index (χ0n) is 15.2. The van der Waals surface area contributed by atoms with Gasteiger partial charge in [-0.05, 0) is 61.2 Å². The van der Waals surface area contributed by atoms with Gasteiger partial charge in [-0.3, -0.25) is 9.59 Å². The molecule has 28 heavy (non-hydrogen) atoms. The Labute approximate surface area is 173 Å². The van der Waals surface area contributed by atoms with Crippen LogP contribution in [0.3, 0.4) is 0 Å². The van der Waals surface area contributed by atoms with Crippen LogP contribution >= 0.6 is 23.2 Å². The highest BCUT2D eigenvalue weighted by Crippen LogP contribution is 2.31. The number of fused-ring (bicyclic) bond motifs is 1. The van der Waals surface area contributed by atoms with Gasteiger partial charge in [0.25, 0.3) is 5.91 Å². The van der Waals surface area contributed by atoms with Crippen molar-refractivity contribution >= 4 is 40.7 Å². The largest absolute Gasteiger partial charge is 0.492 e. The van der Waals surface area contributed by atoms with E-state index in [2.05, 4.69) is 5.32 Å². The van der Waals surface area contributed by atoms with Crippen molar-refractivity contribution in [1.82, 2.24) is 4.90 Å². The van der Waals surface area contributed by atoms with Crippen molar-refractivity contribution in [2.75, 3.05) is 25.0 Å². The smallest absolute Gasteiger partial charge is 0.256 e. The van der Waals surface area contributed by atoms with Gasteiger partial charge in [-0.2, -0.15) is 0 Å². The van der Waals surface area contributed by atoms with Gasteiger partial charge < -0.3 is 15.0 Å². The summed E-state index contributed by atoms with van der Waals surface area (Å²) in [6, 6.07) is 10.4. The molecule has 1 unspecified atom stereocenters. The lowest BCUT2D eigenvalue weighted by atomic mass is 9.95. The molecule has 1 saturated heterocycles. The van der Waals surface area contributed by atoms with Gasteiger partial charge in [-0.15, -0.1) is 0 Å². The topological polar surface area (TPSA) is 58.6 Å². The molecular formula is C21H20Cl2N2O3. The third-order valence-electron chi connectivity index (χ3n) is 5.16. The third kappa shape index (κ3) is 3.96. The lowest BCUT2D eigenvalue weighted by Crippen LogP contribution is -2.34. The lowest BCUT2D eigenvalue weighted by molar-refractivity contribution is -0.121. The Morgan fingerprint density at radius 2 is 1.75 bits per heavy atom. The fourth-order valence-electron chi connectivity index (χ4n) is 3.66. The number of halogens is 2. The van der Waals surface area contributed by atoms with Crippen LogP contribution in [0, 0.1) is 5.92 Å². The highest BCUT2D eigenvalue weighted by atomic mass is 35.5. The molecule has 0 spiro atoms. The molecule has 0 saturated carbocycles. The van der Waals surface area contributed by atoms with Gasteiger partial charge in [0.15, 0.2) is 0 Å². The molecule has 1 fully saturated rings. The molecule has 0 aliphatic carbocycles. The summed E-state index contributed by atoms with van der Waals surface area (Å²) < 4.78 is 5.71. The van der Waals surface area contributed by atoms with Crippen molar-refractivity contribution < 1.29 is 14.3 Å². The number of rotatable bonds is 3. The van der Waals surface area contributed by atoms with Crippen molar-refractivity contribution in [3.8, 4) is 5.75 Å². The summed E-state index contributed by atoms with van der Waals surface area (Å²) in [4.78, 5) is 27.5. The number of nitrogens with zero attached hydrogens (tertiary/aromatic N) is 1. The first-order valence-electron chi connectivity index (χ1n) is 9.32. The average Bonchev–Trinajstić information content (AvgIpc) is 3.23. The Hall–Kier alpha value is -2.24. The average molecular weight is 419 g/mol. The van der Waals surface area contributed by atoms with Gasteiger partial charge in [0.05, 0.1) is 17.2 Å². The van der Waals surface area contributed by atoms with E-state index in [0.717, 1.165) is 37.2 Å². The van der Waals surface area contributed by atoms with Gasteiger partial charge in [0.2, 0.25) is 5.91 Å². The molecule has 0 aromatic heterocycles. The minimum Gasteiger partial charge on any atom is -0.492 e. The molecule has 7 heteroatoms. The third-order valence-corrected chi connectivity index (χ3v) is 5.63. The van der Waals surface area contributed by atoms with Crippen molar-refractivity contribution in [2.45, 2.75) is 19.3 Å². The normalized spacial score (nSPS) is 18.4. The second-order valence-corrected chi connectivity index (χ2v) is 8.02. The second kappa shape index (κ2) is 8.02. The minimum absolute atomic E-state index is 0.104. The van der Waals surface area contributed by atoms with Crippen LogP contribution in [-0.2, 0) is 11.2 Å². The van der Waals surface area contributed by atoms with E-state index in [0.29, 0.717) is 27.7 Å². The summed E-state index contributed by atoms with van der Waals surface area (Å²) in [5.74, 6) is 0.0944. The zero-order valence-corrected chi connectivity index (χ0v) is 16.7. The molecule has 2 heterocycles. The fourth-order valence-corrected chi connectivity index (χ4v) is 4.03. The lowest BCUT2D eigenvalue weighted by Gasteiger charge is -2.25. The standard InChI is InChI=1S/C21H20Cl2N2O3/c22-15-4-6-19-13(10-15)9-14(12-28-19)20(26)24-18-5-3-16(23)11-17(18)21(27)25-7-1-2-8-25/h3-6,10-11,14H,1-2,7-9,12H2,(H,24,26). The zero-order chi connectivity index (χ0) is 19.7. The van der Waals surface area contributed by atoms with Crippen molar-refractivity contribution in [2.24, 2.45) is 5.92 Å². The van der Waals surface area contributed by atoms with E-state index in [-0.39, 0.29) is 24.3 Å². The number of hydrogen-bond acceptors (Lipinski definition) is 3. The van der Waals surface area contributed by atoms with Gasteiger partial charge in [-0.25, -0.2) is 0 Å². The molecule has 0 bridgehead atoms. The maximum Gasteiger partial charge on any atom is 0.256 e. The fraction of sp³-hybridized carbons (Fsp3) is 0.333. The van der Waals surface area contributed by atoms with Crippen LogP contribution < -0.4 is 10.1 Å². The van der Waals surface area contributed by atoms with Crippen molar-refractivity contribution in [3.63, 3.8) is 0 Å². The molecule has 1 N–H and O–H groups in total. The second-order valence-electron chi connectivity index (χ2n) is 7.14. The number of nitrogens with one attached hydrogen (secondary N) is 1. The van der Waals surface area contributed by atoms with E-state index >= 15 is 0 Å². The maximum absolute atomic E-state index is 12.9. The molecule has 2 amide bonds. The minimum atomic E-state index is -0.364. The van der Waals surface area contributed by atoms with Crippen molar-refractivity contribution in [3.05, 3.63) is 57.6 Å². The number of hydrogen-bond donors (Lipinski definition) is 1. The van der Waals surface area contributed by atoms with Crippen LogP contribution in [0.2, 0.25) is 10.0 Å². The number of carbonyl (C=O) groups excluding carboxylic acids is 2. The number of likely N-dealkylation sites (tertiary alicyclic amines) is 1. The maximum atomic E-state index is 12.9. The number of carbonyl (C=O) groups is 2. The molecule has 4 rings (SSSR count). The van der Waals surface area contributed by atoms with Gasteiger partial charge in [0, 0.05) is 23.1 Å². The molecular weight excluding hydrogens is 399 g/mol. The number of anilines is 1. The van der Waals surface area contributed by atoms with Crippen LogP contribution in [0.4, 0.5) is 5.69 Å². The van der Waals surface area contributed by atoms with E-state index in [1.807, 2.05) is 12.1 Å². The van der Waals surface area contributed by atoms with Crippen LogP contribution in [0.15, 0.2) is 36.4 Å². The summed E-state index contributed by atoms with van der Waals surface area (Å²) in [7, 11) is 0. The monoisotopic (exact) mass is 418 g/mol. The van der Waals surface area contributed by atoms with Crippen LogP contribution in [0.1, 0.15) is 28.8 Å². The molecule has 2 aromatic carbocycles. The highest BCUT2D eigenvalue weighted by molar-refractivity contribution is 6.31. The quantitative estimate of drug-likeness (QED) is 0.802. The first-order valence-corrected chi connectivity index (χ1v) is 10.1. The predicted octanol–water partition coefficient (Wildman–Crippen LogP) is 4.42. The van der Waals surface area contributed by atoms with E-state index in [4.69, 9.17) is 27.9 Å². The van der Waals surface area contributed by atoms with Gasteiger partial charge >= 0.3 is 0 Å². The van der Waals surface area contributed by atoms with E-state index in [1.165, 1.54) is 0 Å². The highest BCUT2D eigenvalue weighted by Gasteiger charge is 2.28. The Bertz CT molecular complexity index is 926. The summed E-state index contributed by atoms with van der Waals surface area (Å²) in [6.45, 7) is 1.74. The van der Waals surface area contributed by atoms with Crippen LogP contribution in [-0.4, -0.2) is 36.4 Å². The van der Waals surface area contributed by atoms with E-state index in [9.17, 15) is 9.59 Å². The SMILES string of the molecule is O=C(Nc1ccc(Cl)cc1C(=O)N1CCCC1)C1COc2ccc(Cl)cc2C1. The Morgan fingerprint density at radius 3 is 2.54 bits per heavy atom. The summed E-state index contributed by atoms with van der Waals surface area (Å²) in [6.07, 6.45) is 2.52. The Morgan fingerprint density at radius 1 is 1.04 bits per heavy atom. The molecule has 0 radical (unpaired) electrons. The van der Waals surface area contributed by atoms with E-state index in [1.54, 1.807) is 29.2 Å². The molecule has 1 atom stereocenters. The molecule has 2 aliphatic heterocycles. The Balaban J connectivity index is 1.52. The first kappa shape index (κ1) is 19.1. The number of ether oxygens (including phenoxy) is 1. The van der Waals surface area contributed by atoms with Crippen LogP contribution in [0.25, 0.3) is 0 Å². The van der Waals surface area contributed by atoms with Gasteiger partial charge in [-0.1, -0.05) is 23.2 Å². The van der Waals surface area contributed by atoms with Crippen LogP contribution in [0.5, 0.6) is 5.75 Å². The van der Waals surface area contributed by atoms with E-state index < -0.39 is 0 Å². The predicted molar refractivity (Wildman–Crippen MR) is 109 cm³/mol. The van der Waals surface area contributed by atoms with Gasteiger partial charge in [0.1, 0.15) is 12.4 Å². The first-order chi connectivity index (χ1) is 13.5. The molecule has 2 aromatic rings. The summed E-state index contributed by atoms with van der Waals surface area (Å²) >= 11 is 12.2. The summed E-state index contributed by atoms with van der Waals surface area (Å²) in [5, 5.41) is 3.97. The number of benzene rings is 2. The number of amides is 2.